The van der Waals surface area contributed by atoms with E-state index in [1.165, 1.54) is 12.8 Å². The van der Waals surface area contributed by atoms with E-state index < -0.39 is 0 Å². The summed E-state index contributed by atoms with van der Waals surface area (Å²) in [7, 11) is 0. The van der Waals surface area contributed by atoms with Crippen LogP contribution in [-0.2, 0) is 6.54 Å². The summed E-state index contributed by atoms with van der Waals surface area (Å²) in [6, 6.07) is 13.9. The fraction of sp³-hybridized carbons (Fsp3) is 0.375. The van der Waals surface area contributed by atoms with Crippen molar-refractivity contribution in [3.8, 4) is 17.0 Å². The van der Waals surface area contributed by atoms with Crippen molar-refractivity contribution in [2.24, 2.45) is 5.92 Å². The fourth-order valence-electron chi connectivity index (χ4n) is 3.80. The monoisotopic (exact) mass is 406 g/mol. The molecule has 1 saturated carbocycles. The molecular formula is C24H30N4O2. The number of hydrogen-bond acceptors (Lipinski definition) is 3. The highest BCUT2D eigenvalue weighted by molar-refractivity contribution is 6.01. The number of fused-ring (bicyclic) bond motifs is 1. The molecule has 2 aromatic carbocycles. The van der Waals surface area contributed by atoms with Crippen LogP contribution in [0.15, 0.2) is 42.5 Å². The van der Waals surface area contributed by atoms with Crippen LogP contribution in [0.2, 0.25) is 0 Å². The predicted molar refractivity (Wildman–Crippen MR) is 123 cm³/mol. The van der Waals surface area contributed by atoms with E-state index in [2.05, 4.69) is 21.3 Å². The molecule has 0 bridgehead atoms. The minimum atomic E-state index is -0.185. The first-order chi connectivity index (χ1) is 14.6. The zero-order valence-corrected chi connectivity index (χ0v) is 17.7. The summed E-state index contributed by atoms with van der Waals surface area (Å²) in [5.74, 6) is 1.55. The maximum atomic E-state index is 11.9. The molecule has 1 aliphatic carbocycles. The van der Waals surface area contributed by atoms with Gasteiger partial charge in [0.15, 0.2) is 0 Å². The lowest BCUT2D eigenvalue weighted by Gasteiger charge is -2.12. The molecule has 4 rings (SSSR count). The second-order valence-electron chi connectivity index (χ2n) is 7.89. The minimum absolute atomic E-state index is 0.185. The van der Waals surface area contributed by atoms with Crippen LogP contribution in [0.25, 0.3) is 22.2 Å². The Hall–Kier alpha value is -3.15. The summed E-state index contributed by atoms with van der Waals surface area (Å²) >= 11 is 0. The van der Waals surface area contributed by atoms with Crippen molar-refractivity contribution < 1.29 is 9.53 Å². The second-order valence-corrected chi connectivity index (χ2v) is 7.89. The molecule has 0 unspecified atom stereocenters. The molecule has 1 aliphatic rings. The topological polar surface area (TPSA) is 81.3 Å². The summed E-state index contributed by atoms with van der Waals surface area (Å²) < 4.78 is 8.03. The third-order valence-electron chi connectivity index (χ3n) is 5.47. The molecule has 0 radical (unpaired) electrons. The maximum absolute atomic E-state index is 11.9. The van der Waals surface area contributed by atoms with Gasteiger partial charge in [0.2, 0.25) is 0 Å². The number of amides is 2. The fourth-order valence-corrected chi connectivity index (χ4v) is 3.80. The number of nitrogen functional groups attached to an aromatic ring is 1. The number of anilines is 2. The zero-order chi connectivity index (χ0) is 21.1. The molecule has 2 amide bonds. The summed E-state index contributed by atoms with van der Waals surface area (Å²) in [6.07, 6.45) is 3.44. The molecule has 4 N–H and O–H groups in total. The summed E-state index contributed by atoms with van der Waals surface area (Å²) in [5, 5.41) is 6.72. The predicted octanol–water partition coefficient (Wildman–Crippen LogP) is 5.23. The highest BCUT2D eigenvalue weighted by Crippen LogP contribution is 2.41. The van der Waals surface area contributed by atoms with Gasteiger partial charge < -0.3 is 25.7 Å². The molecule has 1 fully saturated rings. The minimum Gasteiger partial charge on any atom is -0.494 e. The molecule has 6 heteroatoms. The quantitative estimate of drug-likeness (QED) is 0.479. The molecule has 0 aliphatic heterocycles. The van der Waals surface area contributed by atoms with Gasteiger partial charge in [0, 0.05) is 29.7 Å². The first-order valence-corrected chi connectivity index (χ1v) is 10.8. The summed E-state index contributed by atoms with van der Waals surface area (Å²) in [4.78, 5) is 11.9. The molecule has 0 spiro atoms. The van der Waals surface area contributed by atoms with E-state index in [1.54, 1.807) is 0 Å². The normalized spacial score (nSPS) is 13.4. The Morgan fingerprint density at radius 2 is 1.93 bits per heavy atom. The standard InChI is InChI=1S/C24H30N4O2/c1-3-13-26-24(29)27-18-9-7-17(8-10-18)23-22(25)20-14-19(30-4-2)11-12-21(20)28(23)15-16-5-6-16/h7-12,14,16H,3-6,13,15,25H2,1-2H3,(H2,26,27,29). The number of nitrogens with one attached hydrogen (secondary N) is 2. The molecule has 0 saturated heterocycles. The van der Waals surface area contributed by atoms with Gasteiger partial charge >= 0.3 is 6.03 Å². The van der Waals surface area contributed by atoms with Gasteiger partial charge in [-0.05, 0) is 62.4 Å². The van der Waals surface area contributed by atoms with Crippen molar-refractivity contribution in [2.45, 2.75) is 39.7 Å². The molecule has 6 nitrogen and oxygen atoms in total. The van der Waals surface area contributed by atoms with Crippen LogP contribution in [0.3, 0.4) is 0 Å². The van der Waals surface area contributed by atoms with E-state index >= 15 is 0 Å². The van der Waals surface area contributed by atoms with Crippen LogP contribution in [0.5, 0.6) is 5.75 Å². The largest absolute Gasteiger partial charge is 0.494 e. The summed E-state index contributed by atoms with van der Waals surface area (Å²) in [6.45, 7) is 6.26. The summed E-state index contributed by atoms with van der Waals surface area (Å²) in [5.41, 5.74) is 11.4. The average Bonchev–Trinajstić information content (AvgIpc) is 3.53. The van der Waals surface area contributed by atoms with E-state index in [9.17, 15) is 4.79 Å². The van der Waals surface area contributed by atoms with Gasteiger partial charge in [-0.2, -0.15) is 0 Å². The first kappa shape index (κ1) is 20.1. The first-order valence-electron chi connectivity index (χ1n) is 10.8. The number of benzene rings is 2. The molecule has 158 valence electrons. The van der Waals surface area contributed by atoms with Gasteiger partial charge in [0.25, 0.3) is 0 Å². The average molecular weight is 407 g/mol. The Morgan fingerprint density at radius 1 is 1.17 bits per heavy atom. The number of aromatic nitrogens is 1. The van der Waals surface area contributed by atoms with Gasteiger partial charge in [-0.1, -0.05) is 19.1 Å². The van der Waals surface area contributed by atoms with E-state index in [0.29, 0.717) is 19.1 Å². The Labute approximate surface area is 177 Å². The Kier molecular flexibility index (Phi) is 5.84. The van der Waals surface area contributed by atoms with Gasteiger partial charge in [0.05, 0.1) is 23.5 Å². The van der Waals surface area contributed by atoms with Crippen molar-refractivity contribution in [1.82, 2.24) is 9.88 Å². The number of urea groups is 1. The van der Waals surface area contributed by atoms with Crippen molar-refractivity contribution in [3.63, 3.8) is 0 Å². The lowest BCUT2D eigenvalue weighted by atomic mass is 10.1. The van der Waals surface area contributed by atoms with Crippen LogP contribution in [0, 0.1) is 5.92 Å². The number of carbonyl (C=O) groups is 1. The maximum Gasteiger partial charge on any atom is 0.319 e. The van der Waals surface area contributed by atoms with Crippen LogP contribution in [0.1, 0.15) is 33.1 Å². The van der Waals surface area contributed by atoms with Crippen LogP contribution in [0.4, 0.5) is 16.2 Å². The van der Waals surface area contributed by atoms with Crippen molar-refractivity contribution in [2.75, 3.05) is 24.2 Å². The number of carbonyl (C=O) groups excluding carboxylic acids is 1. The van der Waals surface area contributed by atoms with E-state index in [4.69, 9.17) is 10.5 Å². The van der Waals surface area contributed by atoms with Gasteiger partial charge in [-0.3, -0.25) is 0 Å². The molecular weight excluding hydrogens is 376 g/mol. The van der Waals surface area contributed by atoms with Crippen LogP contribution >= 0.6 is 0 Å². The Morgan fingerprint density at radius 3 is 2.60 bits per heavy atom. The van der Waals surface area contributed by atoms with Gasteiger partial charge in [0.1, 0.15) is 5.75 Å². The Balaban J connectivity index is 1.68. The zero-order valence-electron chi connectivity index (χ0n) is 17.7. The lowest BCUT2D eigenvalue weighted by Crippen LogP contribution is -2.29. The Bertz CT molecular complexity index is 1040. The van der Waals surface area contributed by atoms with Crippen molar-refractivity contribution in [3.05, 3.63) is 42.5 Å². The third kappa shape index (κ3) is 4.22. The van der Waals surface area contributed by atoms with Crippen molar-refractivity contribution in [1.29, 1.82) is 0 Å². The number of hydrogen-bond donors (Lipinski definition) is 3. The van der Waals surface area contributed by atoms with E-state index in [1.807, 2.05) is 50.2 Å². The lowest BCUT2D eigenvalue weighted by molar-refractivity contribution is 0.252. The third-order valence-corrected chi connectivity index (χ3v) is 5.47. The van der Waals surface area contributed by atoms with Crippen LogP contribution in [-0.4, -0.2) is 23.7 Å². The highest BCUT2D eigenvalue weighted by atomic mass is 16.5. The highest BCUT2D eigenvalue weighted by Gasteiger charge is 2.26. The SMILES string of the molecule is CCCNC(=O)Nc1ccc(-c2c(N)c3cc(OCC)ccc3n2CC2CC2)cc1. The molecule has 3 aromatic rings. The molecule has 1 aromatic heterocycles. The van der Waals surface area contributed by atoms with E-state index in [0.717, 1.165) is 52.3 Å². The molecule has 1 heterocycles. The number of nitrogens with zero attached hydrogens (tertiary/aromatic N) is 1. The number of rotatable bonds is 8. The second kappa shape index (κ2) is 8.69. The van der Waals surface area contributed by atoms with Gasteiger partial charge in [-0.25, -0.2) is 4.79 Å². The van der Waals surface area contributed by atoms with Crippen molar-refractivity contribution >= 4 is 28.3 Å². The molecule has 0 atom stereocenters. The van der Waals surface area contributed by atoms with Gasteiger partial charge in [-0.15, -0.1) is 0 Å². The van der Waals surface area contributed by atoms with Crippen LogP contribution < -0.4 is 21.1 Å². The number of ether oxygens (including phenoxy) is 1. The number of nitrogens with two attached hydrogens (primary N) is 1. The molecule has 30 heavy (non-hydrogen) atoms. The smallest absolute Gasteiger partial charge is 0.319 e. The van der Waals surface area contributed by atoms with E-state index in [-0.39, 0.29) is 6.03 Å².